The molecular formula is C20H16N2O5. The van der Waals surface area contributed by atoms with Crippen LogP contribution in [0.3, 0.4) is 0 Å². The Morgan fingerprint density at radius 3 is 2.70 bits per heavy atom. The van der Waals surface area contributed by atoms with E-state index in [2.05, 4.69) is 10.5 Å². The lowest BCUT2D eigenvalue weighted by molar-refractivity contribution is 0.0696. The van der Waals surface area contributed by atoms with E-state index in [1.807, 2.05) is 0 Å². The number of benzene rings is 2. The minimum Gasteiger partial charge on any atom is -0.496 e. The lowest BCUT2D eigenvalue weighted by Crippen LogP contribution is -2.18. The minimum atomic E-state index is -1.01. The molecule has 1 amide bonds. The fraction of sp³-hybridized carbons (Fsp3) is 0.0500. The van der Waals surface area contributed by atoms with Crippen LogP contribution in [0.25, 0.3) is 11.3 Å². The number of carbonyl (C=O) groups is 2. The van der Waals surface area contributed by atoms with Crippen LogP contribution >= 0.6 is 0 Å². The van der Waals surface area contributed by atoms with Crippen molar-refractivity contribution in [3.63, 3.8) is 0 Å². The first-order valence-corrected chi connectivity index (χ1v) is 7.98. The number of aromatic carboxylic acids is 1. The van der Waals surface area contributed by atoms with Crippen molar-refractivity contribution in [3.05, 3.63) is 77.6 Å². The monoisotopic (exact) mass is 364 g/mol. The van der Waals surface area contributed by atoms with Gasteiger partial charge in [0.1, 0.15) is 17.3 Å². The predicted molar refractivity (Wildman–Crippen MR) is 99.2 cm³/mol. The second kappa shape index (κ2) is 8.01. The van der Waals surface area contributed by atoms with Crippen molar-refractivity contribution in [1.82, 2.24) is 5.43 Å². The number of nitrogens with zero attached hydrogens (tertiary/aromatic N) is 1. The van der Waals surface area contributed by atoms with Gasteiger partial charge in [0.25, 0.3) is 5.91 Å². The highest BCUT2D eigenvalue weighted by atomic mass is 16.5. The second-order valence-corrected chi connectivity index (χ2v) is 5.49. The number of para-hydroxylation sites is 1. The van der Waals surface area contributed by atoms with Crippen molar-refractivity contribution in [2.24, 2.45) is 5.10 Å². The largest absolute Gasteiger partial charge is 0.496 e. The molecule has 27 heavy (non-hydrogen) atoms. The molecule has 0 radical (unpaired) electrons. The second-order valence-electron chi connectivity index (χ2n) is 5.49. The molecule has 0 saturated carbocycles. The molecule has 3 rings (SSSR count). The molecule has 2 N–H and O–H groups in total. The molecule has 0 aliphatic rings. The van der Waals surface area contributed by atoms with Gasteiger partial charge in [-0.3, -0.25) is 4.79 Å². The molecule has 1 heterocycles. The van der Waals surface area contributed by atoms with E-state index >= 15 is 0 Å². The first kappa shape index (κ1) is 17.9. The summed E-state index contributed by atoms with van der Waals surface area (Å²) >= 11 is 0. The van der Waals surface area contributed by atoms with Gasteiger partial charge in [-0.1, -0.05) is 24.3 Å². The minimum absolute atomic E-state index is 0.170. The average Bonchev–Trinajstić information content (AvgIpc) is 3.17. The Labute approximate surface area is 154 Å². The van der Waals surface area contributed by atoms with Crippen LogP contribution in [0.5, 0.6) is 5.75 Å². The molecule has 0 bridgehead atoms. The predicted octanol–water partition coefficient (Wildman–Crippen LogP) is 3.42. The molecule has 136 valence electrons. The fourth-order valence-corrected chi connectivity index (χ4v) is 2.43. The molecule has 7 heteroatoms. The smallest absolute Gasteiger partial charge is 0.335 e. The molecule has 7 nitrogen and oxygen atoms in total. The summed E-state index contributed by atoms with van der Waals surface area (Å²) in [6, 6.07) is 16.6. The van der Waals surface area contributed by atoms with Gasteiger partial charge in [0.15, 0.2) is 0 Å². The van der Waals surface area contributed by atoms with Crippen LogP contribution in [0.4, 0.5) is 0 Å². The maximum Gasteiger partial charge on any atom is 0.335 e. The standard InChI is InChI=1S/C20H16N2O5/c1-26-18-8-3-2-7-16(18)19(23)22-21-12-15-9-10-17(27-15)13-5-4-6-14(11-13)20(24)25/h2-12H,1H3,(H,22,23)(H,24,25)/b21-12-. The van der Waals surface area contributed by atoms with E-state index < -0.39 is 11.9 Å². The van der Waals surface area contributed by atoms with Gasteiger partial charge in [-0.2, -0.15) is 5.10 Å². The zero-order chi connectivity index (χ0) is 19.2. The van der Waals surface area contributed by atoms with E-state index in [-0.39, 0.29) is 5.56 Å². The number of hydrogen-bond donors (Lipinski definition) is 2. The van der Waals surface area contributed by atoms with Crippen molar-refractivity contribution >= 4 is 18.1 Å². The van der Waals surface area contributed by atoms with Crippen LogP contribution in [-0.4, -0.2) is 30.3 Å². The first-order valence-electron chi connectivity index (χ1n) is 7.98. The van der Waals surface area contributed by atoms with E-state index in [0.717, 1.165) is 0 Å². The number of rotatable bonds is 6. The number of ether oxygens (including phenoxy) is 1. The number of nitrogens with one attached hydrogen (secondary N) is 1. The van der Waals surface area contributed by atoms with Gasteiger partial charge < -0.3 is 14.3 Å². The Kier molecular flexibility index (Phi) is 5.32. The summed E-state index contributed by atoms with van der Waals surface area (Å²) in [4.78, 5) is 23.2. The van der Waals surface area contributed by atoms with E-state index in [0.29, 0.717) is 28.4 Å². The summed E-state index contributed by atoms with van der Waals surface area (Å²) < 4.78 is 10.8. The van der Waals surface area contributed by atoms with Crippen LogP contribution in [-0.2, 0) is 0 Å². The maximum atomic E-state index is 12.2. The Morgan fingerprint density at radius 1 is 1.11 bits per heavy atom. The Hall–Kier alpha value is -3.87. The van der Waals surface area contributed by atoms with E-state index in [1.165, 1.54) is 25.5 Å². The van der Waals surface area contributed by atoms with Crippen molar-refractivity contribution in [1.29, 1.82) is 0 Å². The molecule has 2 aromatic carbocycles. The SMILES string of the molecule is COc1ccccc1C(=O)N/N=C\c1ccc(-c2cccc(C(=O)O)c2)o1. The van der Waals surface area contributed by atoms with Crippen molar-refractivity contribution < 1.29 is 23.8 Å². The summed E-state index contributed by atoms with van der Waals surface area (Å²) in [6.45, 7) is 0. The van der Waals surface area contributed by atoms with Crippen molar-refractivity contribution in [2.45, 2.75) is 0 Å². The maximum absolute atomic E-state index is 12.2. The Balaban J connectivity index is 1.70. The number of methoxy groups -OCH3 is 1. The van der Waals surface area contributed by atoms with Crippen LogP contribution in [0, 0.1) is 0 Å². The average molecular weight is 364 g/mol. The van der Waals surface area contributed by atoms with Crippen molar-refractivity contribution in [3.8, 4) is 17.1 Å². The van der Waals surface area contributed by atoms with Crippen LogP contribution in [0.2, 0.25) is 0 Å². The summed E-state index contributed by atoms with van der Waals surface area (Å²) in [5, 5.41) is 12.9. The van der Waals surface area contributed by atoms with Gasteiger partial charge in [0.05, 0.1) is 24.5 Å². The summed E-state index contributed by atoms with van der Waals surface area (Å²) in [5.41, 5.74) is 3.57. The Morgan fingerprint density at radius 2 is 1.93 bits per heavy atom. The molecule has 0 spiro atoms. The van der Waals surface area contributed by atoms with Gasteiger partial charge in [0.2, 0.25) is 0 Å². The number of amides is 1. The molecule has 0 saturated heterocycles. The zero-order valence-corrected chi connectivity index (χ0v) is 14.4. The van der Waals surface area contributed by atoms with Crippen LogP contribution < -0.4 is 10.2 Å². The zero-order valence-electron chi connectivity index (χ0n) is 14.4. The molecule has 0 unspecified atom stereocenters. The lowest BCUT2D eigenvalue weighted by atomic mass is 10.1. The normalized spacial score (nSPS) is 10.7. The molecule has 0 atom stereocenters. The highest BCUT2D eigenvalue weighted by Gasteiger charge is 2.11. The number of hydrogen-bond acceptors (Lipinski definition) is 5. The molecule has 0 fully saturated rings. The molecule has 0 aliphatic carbocycles. The quantitative estimate of drug-likeness (QED) is 0.515. The fourth-order valence-electron chi connectivity index (χ4n) is 2.43. The van der Waals surface area contributed by atoms with E-state index in [9.17, 15) is 9.59 Å². The summed E-state index contributed by atoms with van der Waals surface area (Å²) in [7, 11) is 1.49. The van der Waals surface area contributed by atoms with Crippen LogP contribution in [0.1, 0.15) is 26.5 Å². The highest BCUT2D eigenvalue weighted by molar-refractivity contribution is 5.97. The molecule has 3 aromatic rings. The highest BCUT2D eigenvalue weighted by Crippen LogP contribution is 2.22. The lowest BCUT2D eigenvalue weighted by Gasteiger charge is -2.05. The molecule has 0 aliphatic heterocycles. The number of furan rings is 1. The third-order valence-corrected chi connectivity index (χ3v) is 3.73. The topological polar surface area (TPSA) is 101 Å². The summed E-state index contributed by atoms with van der Waals surface area (Å²) in [6.07, 6.45) is 1.36. The number of carboxylic acids is 1. The number of carbonyl (C=O) groups excluding carboxylic acids is 1. The van der Waals surface area contributed by atoms with Gasteiger partial charge in [-0.05, 0) is 36.4 Å². The Bertz CT molecular complexity index is 1010. The van der Waals surface area contributed by atoms with Gasteiger partial charge in [0, 0.05) is 5.56 Å². The third kappa shape index (κ3) is 4.21. The van der Waals surface area contributed by atoms with E-state index in [4.69, 9.17) is 14.3 Å². The van der Waals surface area contributed by atoms with Crippen LogP contribution in [0.15, 0.2) is 70.2 Å². The number of hydrazone groups is 1. The van der Waals surface area contributed by atoms with Gasteiger partial charge >= 0.3 is 5.97 Å². The third-order valence-electron chi connectivity index (χ3n) is 3.73. The van der Waals surface area contributed by atoms with E-state index in [1.54, 1.807) is 48.5 Å². The van der Waals surface area contributed by atoms with Gasteiger partial charge in [-0.15, -0.1) is 0 Å². The first-order chi connectivity index (χ1) is 13.1. The summed E-state index contributed by atoms with van der Waals surface area (Å²) in [5.74, 6) is -0.0701. The molecule has 1 aromatic heterocycles. The molecular weight excluding hydrogens is 348 g/mol. The van der Waals surface area contributed by atoms with Crippen molar-refractivity contribution in [2.75, 3.05) is 7.11 Å². The number of carboxylic acid groups (broad SMARTS) is 1. The van der Waals surface area contributed by atoms with Gasteiger partial charge in [-0.25, -0.2) is 10.2 Å².